The minimum Gasteiger partial charge on any atom is -0.461 e. The summed E-state index contributed by atoms with van der Waals surface area (Å²) in [4.78, 5) is 27.8. The van der Waals surface area contributed by atoms with Crippen LogP contribution in [0.5, 0.6) is 0 Å². The van der Waals surface area contributed by atoms with E-state index in [0.717, 1.165) is 17.9 Å². The van der Waals surface area contributed by atoms with E-state index in [4.69, 9.17) is 9.84 Å². The molecule has 1 heterocycles. The van der Waals surface area contributed by atoms with Crippen LogP contribution in [0.1, 0.15) is 29.2 Å². The number of esters is 1. The van der Waals surface area contributed by atoms with E-state index in [1.807, 2.05) is 11.8 Å². The van der Waals surface area contributed by atoms with Crippen molar-refractivity contribution < 1.29 is 14.6 Å². The van der Waals surface area contributed by atoms with Crippen LogP contribution in [0.25, 0.3) is 0 Å². The van der Waals surface area contributed by atoms with Crippen LogP contribution in [0.15, 0.2) is 4.79 Å². The first-order valence-electron chi connectivity index (χ1n) is 5.84. The van der Waals surface area contributed by atoms with Crippen molar-refractivity contribution in [3.05, 3.63) is 20.2 Å². The molecule has 0 fully saturated rings. The van der Waals surface area contributed by atoms with E-state index >= 15 is 0 Å². The molecule has 1 aromatic heterocycles. The highest BCUT2D eigenvalue weighted by atomic mass is 32.1. The summed E-state index contributed by atoms with van der Waals surface area (Å²) in [6, 6.07) is 0. The first-order valence-corrected chi connectivity index (χ1v) is 6.66. The molecule has 0 bridgehead atoms. The monoisotopic (exact) mass is 274 g/mol. The highest BCUT2D eigenvalue weighted by Crippen LogP contribution is 2.13. The molecule has 0 atom stereocenters. The van der Waals surface area contributed by atoms with E-state index in [1.54, 1.807) is 6.92 Å². The van der Waals surface area contributed by atoms with Gasteiger partial charge < -0.3 is 14.8 Å². The Labute approximate surface area is 109 Å². The number of carbonyl (C=O) groups is 1. The molecule has 2 N–H and O–H groups in total. The van der Waals surface area contributed by atoms with Gasteiger partial charge in [0.15, 0.2) is 0 Å². The van der Waals surface area contributed by atoms with Gasteiger partial charge in [0.05, 0.1) is 18.1 Å². The molecule has 0 saturated heterocycles. The summed E-state index contributed by atoms with van der Waals surface area (Å²) in [5.74, 6) is -0.508. The second-order valence-electron chi connectivity index (χ2n) is 3.63. The fourth-order valence-electron chi connectivity index (χ4n) is 1.53. The van der Waals surface area contributed by atoms with Crippen molar-refractivity contribution in [1.82, 2.24) is 9.88 Å². The number of nitrogens with one attached hydrogen (secondary N) is 1. The van der Waals surface area contributed by atoms with Gasteiger partial charge in [-0.05, 0) is 13.5 Å². The highest BCUT2D eigenvalue weighted by Gasteiger charge is 2.18. The minimum absolute atomic E-state index is 0.0436. The number of hydrogen-bond acceptors (Lipinski definition) is 6. The van der Waals surface area contributed by atoms with Gasteiger partial charge in [0.2, 0.25) is 0 Å². The zero-order chi connectivity index (χ0) is 13.5. The summed E-state index contributed by atoms with van der Waals surface area (Å²) in [7, 11) is 0. The van der Waals surface area contributed by atoms with Crippen molar-refractivity contribution in [2.45, 2.75) is 20.4 Å². The minimum atomic E-state index is -0.508. The molecule has 0 aliphatic rings. The van der Waals surface area contributed by atoms with Crippen LogP contribution in [-0.2, 0) is 11.3 Å². The molecule has 102 valence electrons. The predicted octanol–water partition coefficient (Wildman–Crippen LogP) is 0.427. The van der Waals surface area contributed by atoms with E-state index in [2.05, 4.69) is 4.98 Å². The van der Waals surface area contributed by atoms with Crippen molar-refractivity contribution in [2.24, 2.45) is 0 Å². The van der Waals surface area contributed by atoms with Gasteiger partial charge in [0, 0.05) is 13.1 Å². The standard InChI is InChI=1S/C11H18N2O4S/c1-3-13(5-6-14)7-8-9(10(15)17-4-2)12-11(16)18-8/h14H,3-7H2,1-2H3,(H,12,16). The predicted molar refractivity (Wildman–Crippen MR) is 68.9 cm³/mol. The maximum atomic E-state index is 11.7. The Balaban J connectivity index is 2.87. The van der Waals surface area contributed by atoms with Crippen molar-refractivity contribution in [2.75, 3.05) is 26.3 Å². The van der Waals surface area contributed by atoms with Gasteiger partial charge >= 0.3 is 10.8 Å². The van der Waals surface area contributed by atoms with Gasteiger partial charge in [-0.1, -0.05) is 18.3 Å². The van der Waals surface area contributed by atoms with E-state index in [1.165, 1.54) is 0 Å². The number of likely N-dealkylation sites (N-methyl/N-ethyl adjacent to an activating group) is 1. The number of nitrogens with zero attached hydrogens (tertiary/aromatic N) is 1. The van der Waals surface area contributed by atoms with Gasteiger partial charge in [0.1, 0.15) is 5.69 Å². The Morgan fingerprint density at radius 1 is 1.50 bits per heavy atom. The lowest BCUT2D eigenvalue weighted by Crippen LogP contribution is -2.26. The van der Waals surface area contributed by atoms with Crippen LogP contribution < -0.4 is 4.87 Å². The lowest BCUT2D eigenvalue weighted by molar-refractivity contribution is 0.0517. The number of H-pyrrole nitrogens is 1. The number of aromatic amines is 1. The molecule has 0 unspecified atom stereocenters. The van der Waals surface area contributed by atoms with Crippen LogP contribution in [-0.4, -0.2) is 47.3 Å². The summed E-state index contributed by atoms with van der Waals surface area (Å²) in [5.41, 5.74) is 0.225. The summed E-state index contributed by atoms with van der Waals surface area (Å²) >= 11 is 1.00. The number of hydrogen-bond donors (Lipinski definition) is 2. The van der Waals surface area contributed by atoms with Crippen molar-refractivity contribution in [3.8, 4) is 0 Å². The molecule has 0 saturated carbocycles. The first-order chi connectivity index (χ1) is 8.62. The first kappa shape index (κ1) is 14.9. The number of rotatable bonds is 7. The summed E-state index contributed by atoms with van der Waals surface area (Å²) in [6.07, 6.45) is 0. The van der Waals surface area contributed by atoms with Gasteiger partial charge in [-0.15, -0.1) is 0 Å². The maximum absolute atomic E-state index is 11.7. The molecule has 6 nitrogen and oxygen atoms in total. The number of aliphatic hydroxyl groups excluding tert-OH is 1. The molecule has 0 aliphatic carbocycles. The zero-order valence-corrected chi connectivity index (χ0v) is 11.4. The molecule has 18 heavy (non-hydrogen) atoms. The maximum Gasteiger partial charge on any atom is 0.356 e. The molecule has 0 radical (unpaired) electrons. The average Bonchev–Trinajstić information content (AvgIpc) is 2.70. The fraction of sp³-hybridized carbons (Fsp3) is 0.636. The SMILES string of the molecule is CCOC(=O)c1[nH]c(=O)sc1CN(CC)CCO. The van der Waals surface area contributed by atoms with Gasteiger partial charge in [0.25, 0.3) is 0 Å². The molecule has 1 rings (SSSR count). The van der Waals surface area contributed by atoms with Gasteiger partial charge in [-0.25, -0.2) is 4.79 Å². The van der Waals surface area contributed by atoms with E-state index in [9.17, 15) is 9.59 Å². The Morgan fingerprint density at radius 3 is 2.78 bits per heavy atom. The van der Waals surface area contributed by atoms with Crippen LogP contribution in [0, 0.1) is 0 Å². The highest BCUT2D eigenvalue weighted by molar-refractivity contribution is 7.09. The van der Waals surface area contributed by atoms with E-state index < -0.39 is 5.97 Å². The molecule has 1 aromatic rings. The van der Waals surface area contributed by atoms with Crippen LogP contribution in [0.3, 0.4) is 0 Å². The lowest BCUT2D eigenvalue weighted by Gasteiger charge is -2.18. The third kappa shape index (κ3) is 3.94. The molecule has 7 heteroatoms. The molecule has 0 spiro atoms. The Kier molecular flexibility index (Phi) is 6.03. The molecule has 0 amide bonds. The Morgan fingerprint density at radius 2 is 2.22 bits per heavy atom. The van der Waals surface area contributed by atoms with Crippen molar-refractivity contribution in [1.29, 1.82) is 0 Å². The third-order valence-electron chi connectivity index (χ3n) is 2.43. The van der Waals surface area contributed by atoms with Gasteiger partial charge in [-0.3, -0.25) is 9.69 Å². The normalized spacial score (nSPS) is 10.9. The average molecular weight is 274 g/mol. The number of aromatic nitrogens is 1. The number of thiazole rings is 1. The Bertz CT molecular complexity index is 440. The lowest BCUT2D eigenvalue weighted by atomic mass is 10.3. The van der Waals surface area contributed by atoms with Gasteiger partial charge in [-0.2, -0.15) is 0 Å². The quantitative estimate of drug-likeness (QED) is 0.704. The van der Waals surface area contributed by atoms with E-state index in [0.29, 0.717) is 18.0 Å². The fourth-order valence-corrected chi connectivity index (χ4v) is 2.39. The smallest absolute Gasteiger partial charge is 0.356 e. The number of aliphatic hydroxyl groups is 1. The van der Waals surface area contributed by atoms with Crippen LogP contribution in [0.2, 0.25) is 0 Å². The topological polar surface area (TPSA) is 82.6 Å². The molecule has 0 aromatic carbocycles. The second kappa shape index (κ2) is 7.30. The van der Waals surface area contributed by atoms with Crippen LogP contribution >= 0.6 is 11.3 Å². The molecular weight excluding hydrogens is 256 g/mol. The summed E-state index contributed by atoms with van der Waals surface area (Å²) in [6.45, 7) is 5.67. The summed E-state index contributed by atoms with van der Waals surface area (Å²) < 4.78 is 4.89. The Hall–Kier alpha value is -1.18. The number of carbonyl (C=O) groups excluding carboxylic acids is 1. The second-order valence-corrected chi connectivity index (χ2v) is 4.69. The third-order valence-corrected chi connectivity index (χ3v) is 3.30. The molecule has 0 aliphatic heterocycles. The number of ether oxygens (including phenoxy) is 1. The largest absolute Gasteiger partial charge is 0.461 e. The molecular formula is C11H18N2O4S. The zero-order valence-electron chi connectivity index (χ0n) is 10.6. The van der Waals surface area contributed by atoms with Crippen LogP contribution in [0.4, 0.5) is 0 Å². The van der Waals surface area contributed by atoms with E-state index in [-0.39, 0.29) is 23.8 Å². The van der Waals surface area contributed by atoms with Crippen molar-refractivity contribution in [3.63, 3.8) is 0 Å². The summed E-state index contributed by atoms with van der Waals surface area (Å²) in [5, 5.41) is 8.91. The van der Waals surface area contributed by atoms with Crippen molar-refractivity contribution >= 4 is 17.3 Å².